The summed E-state index contributed by atoms with van der Waals surface area (Å²) in [4.78, 5) is 5.28. The van der Waals surface area contributed by atoms with Gasteiger partial charge in [-0.25, -0.2) is 0 Å². The highest BCUT2D eigenvalue weighted by atomic mass is 35.5. The molecule has 1 unspecified atom stereocenters. The highest BCUT2D eigenvalue weighted by Crippen LogP contribution is 2.06. The minimum atomic E-state index is 0.314. The van der Waals surface area contributed by atoms with Crippen molar-refractivity contribution in [2.75, 3.05) is 6.54 Å². The number of hydrogen-bond acceptors (Lipinski definition) is 3. The Labute approximate surface area is 88.3 Å². The molecule has 0 aliphatic rings. The van der Waals surface area contributed by atoms with Crippen molar-refractivity contribution in [1.82, 2.24) is 10.3 Å². The van der Waals surface area contributed by atoms with E-state index in [1.165, 1.54) is 4.88 Å². The summed E-state index contributed by atoms with van der Waals surface area (Å²) < 4.78 is 0. The summed E-state index contributed by atoms with van der Waals surface area (Å²) in [5.41, 5.74) is 1.85. The van der Waals surface area contributed by atoms with E-state index in [-0.39, 0.29) is 0 Å². The second-order valence-corrected chi connectivity index (χ2v) is 4.53. The van der Waals surface area contributed by atoms with Gasteiger partial charge in [0.15, 0.2) is 0 Å². The summed E-state index contributed by atoms with van der Waals surface area (Å²) in [5.74, 6) is 0. The van der Waals surface area contributed by atoms with Gasteiger partial charge in [0.05, 0.1) is 5.51 Å². The number of thiazole rings is 1. The number of nitrogens with one attached hydrogen (secondary N) is 1. The van der Waals surface area contributed by atoms with Gasteiger partial charge in [0.2, 0.25) is 0 Å². The third kappa shape index (κ3) is 4.60. The molecule has 0 amide bonds. The molecule has 0 radical (unpaired) electrons. The molecule has 1 atom stereocenters. The largest absolute Gasteiger partial charge is 0.312 e. The highest BCUT2D eigenvalue weighted by Gasteiger charge is 2.00. The van der Waals surface area contributed by atoms with Crippen LogP contribution in [-0.4, -0.2) is 16.9 Å². The number of nitrogens with zero attached hydrogens (tertiary/aromatic N) is 1. The van der Waals surface area contributed by atoms with Crippen molar-refractivity contribution >= 4 is 22.9 Å². The molecular weight excluding hydrogens is 204 g/mol. The molecule has 0 bridgehead atoms. The van der Waals surface area contributed by atoms with Gasteiger partial charge in [0.25, 0.3) is 0 Å². The van der Waals surface area contributed by atoms with E-state index in [0.29, 0.717) is 5.38 Å². The zero-order valence-corrected chi connectivity index (χ0v) is 9.37. The molecule has 0 spiro atoms. The van der Waals surface area contributed by atoms with Gasteiger partial charge in [-0.1, -0.05) is 6.92 Å². The fourth-order valence-electron chi connectivity index (χ4n) is 1.00. The van der Waals surface area contributed by atoms with Crippen LogP contribution in [0, 0.1) is 0 Å². The first-order valence-corrected chi connectivity index (χ1v) is 5.86. The third-order valence-electron chi connectivity index (χ3n) is 1.86. The Morgan fingerprint density at radius 1 is 1.69 bits per heavy atom. The van der Waals surface area contributed by atoms with Crippen LogP contribution in [0.15, 0.2) is 11.7 Å². The average molecular weight is 219 g/mol. The highest BCUT2D eigenvalue weighted by molar-refractivity contribution is 7.09. The normalized spacial score (nSPS) is 13.1. The minimum absolute atomic E-state index is 0.314. The molecule has 0 aliphatic carbocycles. The molecule has 1 aromatic rings. The number of alkyl halides is 1. The van der Waals surface area contributed by atoms with Gasteiger partial charge in [-0.3, -0.25) is 4.98 Å². The van der Waals surface area contributed by atoms with Crippen LogP contribution in [0.2, 0.25) is 0 Å². The average Bonchev–Trinajstić information content (AvgIpc) is 2.64. The zero-order chi connectivity index (χ0) is 9.52. The lowest BCUT2D eigenvalue weighted by Crippen LogP contribution is -2.17. The van der Waals surface area contributed by atoms with Crippen LogP contribution in [-0.2, 0) is 6.54 Å². The molecule has 0 fully saturated rings. The van der Waals surface area contributed by atoms with Crippen LogP contribution >= 0.6 is 22.9 Å². The first-order chi connectivity index (χ1) is 6.33. The number of aromatic nitrogens is 1. The van der Waals surface area contributed by atoms with Crippen LogP contribution in [0.4, 0.5) is 0 Å². The van der Waals surface area contributed by atoms with Gasteiger partial charge in [-0.05, 0) is 19.4 Å². The Morgan fingerprint density at radius 2 is 2.54 bits per heavy atom. The summed E-state index contributed by atoms with van der Waals surface area (Å²) in [6.07, 6.45) is 3.98. The van der Waals surface area contributed by atoms with Crippen molar-refractivity contribution in [3.05, 3.63) is 16.6 Å². The van der Waals surface area contributed by atoms with E-state index in [1.54, 1.807) is 11.3 Å². The Bertz CT molecular complexity index is 213. The number of rotatable bonds is 6. The Morgan fingerprint density at radius 3 is 3.15 bits per heavy atom. The fourth-order valence-corrected chi connectivity index (χ4v) is 1.68. The van der Waals surface area contributed by atoms with E-state index in [1.807, 2.05) is 11.7 Å². The maximum Gasteiger partial charge on any atom is 0.0794 e. The standard InChI is InChI=1S/C9H15ClN2S/c1-2-8(10)3-4-11-5-9-6-12-7-13-9/h6-8,11H,2-5H2,1H3. The van der Waals surface area contributed by atoms with Crippen molar-refractivity contribution in [3.63, 3.8) is 0 Å². The zero-order valence-electron chi connectivity index (χ0n) is 7.79. The van der Waals surface area contributed by atoms with Gasteiger partial charge in [0.1, 0.15) is 0 Å². The summed E-state index contributed by atoms with van der Waals surface area (Å²) >= 11 is 7.66. The molecule has 13 heavy (non-hydrogen) atoms. The lowest BCUT2D eigenvalue weighted by atomic mass is 10.2. The molecule has 0 aliphatic heterocycles. The topological polar surface area (TPSA) is 24.9 Å². The lowest BCUT2D eigenvalue weighted by Gasteiger charge is -2.06. The van der Waals surface area contributed by atoms with Gasteiger partial charge in [-0.15, -0.1) is 22.9 Å². The summed E-state index contributed by atoms with van der Waals surface area (Å²) in [6, 6.07) is 0. The quantitative estimate of drug-likeness (QED) is 0.587. The monoisotopic (exact) mass is 218 g/mol. The number of hydrogen-bond donors (Lipinski definition) is 1. The van der Waals surface area contributed by atoms with Gasteiger partial charge >= 0.3 is 0 Å². The van der Waals surface area contributed by atoms with Crippen LogP contribution in [0.3, 0.4) is 0 Å². The van der Waals surface area contributed by atoms with Crippen molar-refractivity contribution in [1.29, 1.82) is 0 Å². The van der Waals surface area contributed by atoms with Crippen molar-refractivity contribution in [2.24, 2.45) is 0 Å². The second kappa shape index (κ2) is 6.35. The SMILES string of the molecule is CCC(Cl)CCNCc1cncs1. The molecule has 1 rings (SSSR count). The molecule has 0 saturated heterocycles. The third-order valence-corrected chi connectivity index (χ3v) is 3.17. The van der Waals surface area contributed by atoms with Crippen LogP contribution in [0.25, 0.3) is 0 Å². The first-order valence-electron chi connectivity index (χ1n) is 4.55. The summed E-state index contributed by atoms with van der Waals surface area (Å²) in [7, 11) is 0. The Hall–Kier alpha value is -0.120. The number of halogens is 1. The molecule has 0 saturated carbocycles. The fraction of sp³-hybridized carbons (Fsp3) is 0.667. The van der Waals surface area contributed by atoms with E-state index in [0.717, 1.165) is 25.9 Å². The molecule has 2 nitrogen and oxygen atoms in total. The summed E-state index contributed by atoms with van der Waals surface area (Å²) in [5, 5.41) is 3.65. The first kappa shape index (κ1) is 11.0. The van der Waals surface area contributed by atoms with Crippen molar-refractivity contribution < 1.29 is 0 Å². The van der Waals surface area contributed by atoms with E-state index in [2.05, 4.69) is 17.2 Å². The van der Waals surface area contributed by atoms with E-state index < -0.39 is 0 Å². The Balaban J connectivity index is 2.02. The van der Waals surface area contributed by atoms with Crippen LogP contribution in [0.1, 0.15) is 24.6 Å². The van der Waals surface area contributed by atoms with Gasteiger partial charge in [0, 0.05) is 23.0 Å². The molecule has 74 valence electrons. The molecule has 0 aromatic carbocycles. The molecule has 1 aromatic heterocycles. The van der Waals surface area contributed by atoms with E-state index in [9.17, 15) is 0 Å². The van der Waals surface area contributed by atoms with Gasteiger partial charge < -0.3 is 5.32 Å². The minimum Gasteiger partial charge on any atom is -0.312 e. The second-order valence-electron chi connectivity index (χ2n) is 2.94. The predicted molar refractivity (Wildman–Crippen MR) is 58.4 cm³/mol. The maximum atomic E-state index is 5.98. The smallest absolute Gasteiger partial charge is 0.0794 e. The molecule has 1 heterocycles. The van der Waals surface area contributed by atoms with Gasteiger partial charge in [-0.2, -0.15) is 0 Å². The van der Waals surface area contributed by atoms with Crippen molar-refractivity contribution in [3.8, 4) is 0 Å². The molecule has 1 N–H and O–H groups in total. The van der Waals surface area contributed by atoms with E-state index in [4.69, 9.17) is 11.6 Å². The summed E-state index contributed by atoms with van der Waals surface area (Å²) in [6.45, 7) is 4.01. The van der Waals surface area contributed by atoms with E-state index >= 15 is 0 Å². The molecular formula is C9H15ClN2S. The Kier molecular flexibility index (Phi) is 5.35. The van der Waals surface area contributed by atoms with Crippen LogP contribution in [0.5, 0.6) is 0 Å². The lowest BCUT2D eigenvalue weighted by molar-refractivity contribution is 0.625. The van der Waals surface area contributed by atoms with Crippen molar-refractivity contribution in [2.45, 2.75) is 31.7 Å². The molecule has 4 heteroatoms. The predicted octanol–water partition coefficient (Wildman–Crippen LogP) is 2.64. The van der Waals surface area contributed by atoms with Crippen LogP contribution < -0.4 is 5.32 Å². The maximum absolute atomic E-state index is 5.98.